The average Bonchev–Trinajstić information content (AvgIpc) is 2.87. The number of nitrogens with zero attached hydrogens (tertiary/aromatic N) is 2. The van der Waals surface area contributed by atoms with Crippen LogP contribution in [-0.4, -0.2) is 37.2 Å². The lowest BCUT2D eigenvalue weighted by Gasteiger charge is -2.12. The van der Waals surface area contributed by atoms with Gasteiger partial charge in [0.2, 0.25) is 0 Å². The van der Waals surface area contributed by atoms with Crippen molar-refractivity contribution in [1.82, 2.24) is 9.47 Å². The molecule has 3 nitrogen and oxygen atoms in total. The minimum Gasteiger partial charge on any atom is -0.497 e. The quantitative estimate of drug-likeness (QED) is 0.792. The minimum absolute atomic E-state index is 0.894. The van der Waals surface area contributed by atoms with E-state index in [9.17, 15) is 0 Å². The summed E-state index contributed by atoms with van der Waals surface area (Å²) in [6.45, 7) is 1.11. The molecule has 2 rings (SSSR count). The van der Waals surface area contributed by atoms with Gasteiger partial charge in [-0.05, 0) is 57.7 Å². The molecule has 0 fully saturated rings. The molecule has 102 valence electrons. The summed E-state index contributed by atoms with van der Waals surface area (Å²) in [6.07, 6.45) is 4.36. The summed E-state index contributed by atoms with van der Waals surface area (Å²) in [5, 5.41) is 0. The van der Waals surface area contributed by atoms with Crippen LogP contribution in [0.4, 0.5) is 0 Å². The number of ether oxygens (including phenoxy) is 1. The van der Waals surface area contributed by atoms with Crippen molar-refractivity contribution in [3.63, 3.8) is 0 Å². The van der Waals surface area contributed by atoms with Gasteiger partial charge in [-0.2, -0.15) is 0 Å². The molecule has 0 saturated heterocycles. The lowest BCUT2D eigenvalue weighted by Crippen LogP contribution is -2.14. The van der Waals surface area contributed by atoms with Crippen LogP contribution in [0.2, 0.25) is 0 Å². The predicted molar refractivity (Wildman–Crippen MR) is 79.2 cm³/mol. The number of aryl methyl sites for hydroxylation is 1. The third-order valence-corrected chi connectivity index (χ3v) is 3.20. The van der Waals surface area contributed by atoms with Gasteiger partial charge < -0.3 is 14.2 Å². The Morgan fingerprint density at radius 3 is 2.74 bits per heavy atom. The first-order valence-corrected chi connectivity index (χ1v) is 6.66. The molecular weight excluding hydrogens is 236 g/mol. The average molecular weight is 258 g/mol. The number of aromatic nitrogens is 1. The van der Waals surface area contributed by atoms with Crippen LogP contribution in [-0.2, 0) is 6.42 Å². The van der Waals surface area contributed by atoms with E-state index in [2.05, 4.69) is 54.0 Å². The van der Waals surface area contributed by atoms with Crippen molar-refractivity contribution in [1.29, 1.82) is 0 Å². The van der Waals surface area contributed by atoms with E-state index in [1.807, 2.05) is 12.1 Å². The maximum absolute atomic E-state index is 5.29. The molecule has 0 amide bonds. The van der Waals surface area contributed by atoms with Crippen LogP contribution in [0.3, 0.4) is 0 Å². The topological polar surface area (TPSA) is 17.4 Å². The molecule has 0 bridgehead atoms. The van der Waals surface area contributed by atoms with Gasteiger partial charge >= 0.3 is 0 Å². The van der Waals surface area contributed by atoms with E-state index in [0.29, 0.717) is 0 Å². The molecule has 1 aromatic heterocycles. The molecule has 0 spiro atoms. The van der Waals surface area contributed by atoms with E-state index in [4.69, 9.17) is 4.74 Å². The number of rotatable bonds is 6. The smallest absolute Gasteiger partial charge is 0.120 e. The van der Waals surface area contributed by atoms with Crippen LogP contribution in [0, 0.1) is 0 Å². The third kappa shape index (κ3) is 3.61. The Morgan fingerprint density at radius 1 is 1.16 bits per heavy atom. The van der Waals surface area contributed by atoms with Gasteiger partial charge in [0.15, 0.2) is 0 Å². The van der Waals surface area contributed by atoms with Crippen LogP contribution in [0.5, 0.6) is 5.75 Å². The summed E-state index contributed by atoms with van der Waals surface area (Å²) in [5.74, 6) is 0.894. The zero-order chi connectivity index (χ0) is 13.7. The summed E-state index contributed by atoms with van der Waals surface area (Å²) in [5.41, 5.74) is 2.50. The van der Waals surface area contributed by atoms with Crippen LogP contribution in [0.1, 0.15) is 12.1 Å². The SMILES string of the molecule is COc1cccc(-n2cccc2CCCN(C)C)c1. The Hall–Kier alpha value is -1.74. The first kappa shape index (κ1) is 13.7. The summed E-state index contributed by atoms with van der Waals surface area (Å²) < 4.78 is 7.52. The van der Waals surface area contributed by atoms with E-state index < -0.39 is 0 Å². The molecule has 0 aliphatic heterocycles. The molecule has 0 unspecified atom stereocenters. The monoisotopic (exact) mass is 258 g/mol. The highest BCUT2D eigenvalue weighted by Gasteiger charge is 2.04. The largest absolute Gasteiger partial charge is 0.497 e. The number of hydrogen-bond donors (Lipinski definition) is 0. The minimum atomic E-state index is 0.894. The maximum Gasteiger partial charge on any atom is 0.120 e. The normalized spacial score (nSPS) is 10.9. The van der Waals surface area contributed by atoms with Crippen LogP contribution >= 0.6 is 0 Å². The molecular formula is C16H22N2O. The summed E-state index contributed by atoms with van der Waals surface area (Å²) >= 11 is 0. The van der Waals surface area contributed by atoms with Crippen LogP contribution in [0.15, 0.2) is 42.6 Å². The van der Waals surface area contributed by atoms with Gasteiger partial charge in [0.25, 0.3) is 0 Å². The first-order valence-electron chi connectivity index (χ1n) is 6.66. The van der Waals surface area contributed by atoms with Gasteiger partial charge in [0.1, 0.15) is 5.75 Å². The molecule has 3 heteroatoms. The van der Waals surface area contributed by atoms with Gasteiger partial charge in [-0.1, -0.05) is 6.07 Å². The van der Waals surface area contributed by atoms with Crippen molar-refractivity contribution in [2.75, 3.05) is 27.7 Å². The van der Waals surface area contributed by atoms with Crippen molar-refractivity contribution < 1.29 is 4.74 Å². The second-order valence-corrected chi connectivity index (χ2v) is 4.98. The summed E-state index contributed by atoms with van der Waals surface area (Å²) in [4.78, 5) is 2.22. The highest BCUT2D eigenvalue weighted by molar-refractivity contribution is 5.41. The summed E-state index contributed by atoms with van der Waals surface area (Å²) in [7, 11) is 5.93. The second kappa shape index (κ2) is 6.43. The second-order valence-electron chi connectivity index (χ2n) is 4.98. The fourth-order valence-electron chi connectivity index (χ4n) is 2.21. The van der Waals surface area contributed by atoms with Crippen molar-refractivity contribution in [3.8, 4) is 11.4 Å². The van der Waals surface area contributed by atoms with Crippen molar-refractivity contribution in [2.45, 2.75) is 12.8 Å². The molecule has 0 N–H and O–H groups in total. The molecule has 2 aromatic rings. The fourth-order valence-corrected chi connectivity index (χ4v) is 2.21. The van der Waals surface area contributed by atoms with E-state index >= 15 is 0 Å². The van der Waals surface area contributed by atoms with E-state index in [0.717, 1.165) is 24.4 Å². The molecule has 19 heavy (non-hydrogen) atoms. The fraction of sp³-hybridized carbons (Fsp3) is 0.375. The van der Waals surface area contributed by atoms with Crippen LogP contribution < -0.4 is 4.74 Å². The Labute approximate surface area is 115 Å². The summed E-state index contributed by atoms with van der Waals surface area (Å²) in [6, 6.07) is 12.5. The number of methoxy groups -OCH3 is 1. The Morgan fingerprint density at radius 2 is 2.00 bits per heavy atom. The maximum atomic E-state index is 5.29. The van der Waals surface area contributed by atoms with E-state index in [1.54, 1.807) is 7.11 Å². The number of benzene rings is 1. The number of hydrogen-bond acceptors (Lipinski definition) is 2. The van der Waals surface area contributed by atoms with Crippen LogP contribution in [0.25, 0.3) is 5.69 Å². The van der Waals surface area contributed by atoms with E-state index in [1.165, 1.54) is 12.1 Å². The van der Waals surface area contributed by atoms with Crippen molar-refractivity contribution in [2.24, 2.45) is 0 Å². The van der Waals surface area contributed by atoms with Crippen molar-refractivity contribution in [3.05, 3.63) is 48.3 Å². The molecule has 0 radical (unpaired) electrons. The van der Waals surface area contributed by atoms with Gasteiger partial charge in [-0.25, -0.2) is 0 Å². The zero-order valence-corrected chi connectivity index (χ0v) is 12.0. The van der Waals surface area contributed by atoms with Gasteiger partial charge in [-0.15, -0.1) is 0 Å². The van der Waals surface area contributed by atoms with E-state index in [-0.39, 0.29) is 0 Å². The van der Waals surface area contributed by atoms with Gasteiger partial charge in [0.05, 0.1) is 7.11 Å². The zero-order valence-electron chi connectivity index (χ0n) is 12.0. The first-order chi connectivity index (χ1) is 9.20. The molecule has 1 heterocycles. The Kier molecular flexibility index (Phi) is 4.63. The third-order valence-electron chi connectivity index (χ3n) is 3.20. The standard InChI is InChI=1S/C16H22N2O/c1-17(2)11-5-8-14-9-6-12-18(14)15-7-4-10-16(13-15)19-3/h4,6-7,9-10,12-13H,5,8,11H2,1-3H3. The Bertz CT molecular complexity index is 517. The molecule has 0 saturated carbocycles. The molecule has 0 atom stereocenters. The molecule has 1 aromatic carbocycles. The lowest BCUT2D eigenvalue weighted by molar-refractivity contribution is 0.399. The molecule has 0 aliphatic carbocycles. The molecule has 0 aliphatic rings. The van der Waals surface area contributed by atoms with Gasteiger partial charge in [-0.3, -0.25) is 0 Å². The highest BCUT2D eigenvalue weighted by atomic mass is 16.5. The van der Waals surface area contributed by atoms with Crippen molar-refractivity contribution >= 4 is 0 Å². The highest BCUT2D eigenvalue weighted by Crippen LogP contribution is 2.19. The van der Waals surface area contributed by atoms with Gasteiger partial charge in [0, 0.05) is 23.6 Å². The lowest BCUT2D eigenvalue weighted by atomic mass is 10.2. The Balaban J connectivity index is 2.14. The predicted octanol–water partition coefficient (Wildman–Crippen LogP) is 2.98.